The van der Waals surface area contributed by atoms with Gasteiger partial charge in [0.15, 0.2) is 11.5 Å². The zero-order valence-electron chi connectivity index (χ0n) is 45.1. The van der Waals surface area contributed by atoms with E-state index in [0.717, 1.165) is 5.56 Å². The molecule has 23 heteroatoms. The number of unbranched alkanes of at least 4 members (excludes halogenated alkanes) is 1. The summed E-state index contributed by atoms with van der Waals surface area (Å²) in [6.45, 7) is 16.2. The SMILES string of the molecule is C=C/C=C\[C@H](C)[C@H](OC(N)=O)[C@@H](C)[C@@H](CC/C=C\[C@H](C)[C@@H](OCc1ccc(OC)c(OC)c1)[C@@H](C)/C=C\CCCOC(=O)C(C)(C)C)OCc1ccc(OCCCC(F)(F)C(F)(F)C(F)(F)C(F)(F)C(F)(F)C(F)(F)F)cc1. The molecule has 10 nitrogen and oxygen atoms in total. The van der Waals surface area contributed by atoms with Crippen LogP contribution in [0, 0.1) is 29.1 Å². The van der Waals surface area contributed by atoms with Gasteiger partial charge < -0.3 is 38.9 Å². The Kier molecular flexibility index (Phi) is 26.1. The van der Waals surface area contributed by atoms with Crippen LogP contribution < -0.4 is 19.9 Å². The highest BCUT2D eigenvalue weighted by Crippen LogP contribution is 2.61. The van der Waals surface area contributed by atoms with Crippen LogP contribution >= 0.6 is 0 Å². The van der Waals surface area contributed by atoms with Crippen LogP contribution in [0.3, 0.4) is 0 Å². The summed E-state index contributed by atoms with van der Waals surface area (Å²) in [5.41, 5.74) is 6.23. The van der Waals surface area contributed by atoms with Gasteiger partial charge in [0.1, 0.15) is 11.9 Å². The van der Waals surface area contributed by atoms with Crippen LogP contribution in [0.5, 0.6) is 17.2 Å². The van der Waals surface area contributed by atoms with E-state index < -0.39 is 84.9 Å². The summed E-state index contributed by atoms with van der Waals surface area (Å²) in [6, 6.07) is 11.0. The van der Waals surface area contributed by atoms with Crippen molar-refractivity contribution in [3.8, 4) is 17.2 Å². The first kappa shape index (κ1) is 68.7. The normalized spacial score (nSPS) is 16.1. The molecule has 0 saturated heterocycles. The fraction of sp³-hybridized carbons (Fsp3) is 0.600. The van der Waals surface area contributed by atoms with Gasteiger partial charge in [0.2, 0.25) is 0 Å². The van der Waals surface area contributed by atoms with Gasteiger partial charge in [-0.1, -0.05) is 95.0 Å². The van der Waals surface area contributed by atoms with Crippen molar-refractivity contribution in [2.45, 2.75) is 154 Å². The Balaban J connectivity index is 2.29. The molecule has 7 atom stereocenters. The van der Waals surface area contributed by atoms with E-state index in [0.29, 0.717) is 42.7 Å². The van der Waals surface area contributed by atoms with Crippen molar-refractivity contribution in [3.05, 3.63) is 103 Å². The van der Waals surface area contributed by atoms with Crippen molar-refractivity contribution in [1.82, 2.24) is 0 Å². The number of alkyl halides is 13. The molecule has 2 rings (SSSR count). The molecule has 0 aliphatic heterocycles. The van der Waals surface area contributed by atoms with Crippen LogP contribution in [0.4, 0.5) is 61.9 Å². The van der Waals surface area contributed by atoms with Gasteiger partial charge in [0.05, 0.1) is 58.3 Å². The molecular weight excluding hydrogens is 1070 g/mol. The molecule has 2 N–H and O–H groups in total. The number of ether oxygens (including phenoxy) is 7. The number of allylic oxidation sites excluding steroid dienone is 4. The van der Waals surface area contributed by atoms with E-state index >= 15 is 0 Å². The second-order valence-electron chi connectivity index (χ2n) is 19.8. The van der Waals surface area contributed by atoms with Crippen molar-refractivity contribution >= 4 is 12.1 Å². The van der Waals surface area contributed by atoms with Crippen molar-refractivity contribution in [2.75, 3.05) is 27.4 Å². The van der Waals surface area contributed by atoms with E-state index in [1.54, 1.807) is 52.0 Å². The Morgan fingerprint density at radius 3 is 1.72 bits per heavy atom. The summed E-state index contributed by atoms with van der Waals surface area (Å²) >= 11 is 0. The van der Waals surface area contributed by atoms with Crippen molar-refractivity contribution in [2.24, 2.45) is 34.8 Å². The van der Waals surface area contributed by atoms with Crippen LogP contribution in [0.2, 0.25) is 0 Å². The number of esters is 1. The molecule has 0 heterocycles. The first-order chi connectivity index (χ1) is 36.0. The van der Waals surface area contributed by atoms with Crippen LogP contribution in [0.15, 0.2) is 91.6 Å². The minimum Gasteiger partial charge on any atom is -0.494 e. The lowest BCUT2D eigenvalue weighted by Gasteiger charge is -2.39. The summed E-state index contributed by atoms with van der Waals surface area (Å²) in [5.74, 6) is -37.6. The molecule has 442 valence electrons. The Bertz CT molecular complexity index is 2270. The minimum atomic E-state index is -7.97. The van der Waals surface area contributed by atoms with Crippen LogP contribution in [0.1, 0.15) is 98.1 Å². The number of hydrogen-bond donors (Lipinski definition) is 1. The smallest absolute Gasteiger partial charge is 0.460 e. The quantitative estimate of drug-likeness (QED) is 0.0240. The summed E-state index contributed by atoms with van der Waals surface area (Å²) < 4.78 is 216. The summed E-state index contributed by atoms with van der Waals surface area (Å²) in [4.78, 5) is 24.3. The highest BCUT2D eigenvalue weighted by atomic mass is 19.4. The third-order valence-electron chi connectivity index (χ3n) is 12.5. The molecule has 0 unspecified atom stereocenters. The van der Waals surface area contributed by atoms with Gasteiger partial charge in [-0.3, -0.25) is 4.79 Å². The third-order valence-corrected chi connectivity index (χ3v) is 12.5. The van der Waals surface area contributed by atoms with E-state index in [-0.39, 0.29) is 55.4 Å². The standard InChI is InChI=1S/C55H72F13NO9/c1-11-12-19-37(4)46(78-48(69)71)38(5)42(76-33-39-23-26-41(27-24-39)74-31-18-29-50(56,57)51(58,59)52(60,61)53(62,63)54(64,65)55(66,67)68)22-16-15-21-36(3)45(77-34-40-25-28-43(72-9)44(32-40)73-10)35(2)20-14-13-17-30-75-47(70)49(6,7)8/h11-12,14-15,19-21,23-28,32,35-38,42,45-46H,1,13,16-18,22,29-31,33-34H2,2-10H3,(H2,69,71)/b19-12-,20-14-,21-15-/t35-,36-,37-,38-,42+,45-,46-/m0/s1. The number of methoxy groups -OCH3 is 2. The maximum Gasteiger partial charge on any atom is 0.460 e. The number of halogens is 13. The number of nitrogens with two attached hydrogens (primary N) is 1. The highest BCUT2D eigenvalue weighted by Gasteiger charge is 2.90. The number of hydrogen-bond acceptors (Lipinski definition) is 9. The third kappa shape index (κ3) is 18.9. The molecule has 0 saturated carbocycles. The average molecular weight is 1140 g/mol. The second-order valence-corrected chi connectivity index (χ2v) is 19.8. The van der Waals surface area contributed by atoms with E-state index in [1.165, 1.54) is 38.5 Å². The molecule has 0 aromatic heterocycles. The number of carbonyl (C=O) groups excluding carboxylic acids is 2. The van der Waals surface area contributed by atoms with Crippen molar-refractivity contribution in [3.63, 3.8) is 0 Å². The number of primary amides is 1. The minimum absolute atomic E-state index is 0.0714. The lowest BCUT2D eigenvalue weighted by atomic mass is 9.86. The molecule has 0 bridgehead atoms. The second kappa shape index (κ2) is 29.7. The van der Waals surface area contributed by atoms with E-state index in [9.17, 15) is 66.7 Å². The predicted octanol–water partition coefficient (Wildman–Crippen LogP) is 15.1. The van der Waals surface area contributed by atoms with Crippen LogP contribution in [-0.4, -0.2) is 93.6 Å². The largest absolute Gasteiger partial charge is 0.494 e. The average Bonchev–Trinajstić information content (AvgIpc) is 3.35. The van der Waals surface area contributed by atoms with Crippen LogP contribution in [0.25, 0.3) is 0 Å². The molecule has 2 aromatic rings. The number of benzene rings is 2. The van der Waals surface area contributed by atoms with Crippen molar-refractivity contribution < 1.29 is 99.8 Å². The lowest BCUT2D eigenvalue weighted by Crippen LogP contribution is -2.70. The zero-order chi connectivity index (χ0) is 59.5. The van der Waals surface area contributed by atoms with Gasteiger partial charge in [-0.05, 0) is 88.3 Å². The van der Waals surface area contributed by atoms with E-state index in [1.807, 2.05) is 51.1 Å². The summed E-state index contributed by atoms with van der Waals surface area (Å²) in [5, 5.41) is 0. The summed E-state index contributed by atoms with van der Waals surface area (Å²) in [6.07, 6.45) is 1.29. The van der Waals surface area contributed by atoms with Crippen LogP contribution in [-0.2, 0) is 37.0 Å². The first-order valence-electron chi connectivity index (χ1n) is 24.9. The highest BCUT2D eigenvalue weighted by molar-refractivity contribution is 5.75. The Morgan fingerprint density at radius 2 is 1.18 bits per heavy atom. The molecular formula is C55H72F13NO9. The topological polar surface area (TPSA) is 125 Å². The predicted molar refractivity (Wildman–Crippen MR) is 266 cm³/mol. The van der Waals surface area contributed by atoms with E-state index in [4.69, 9.17) is 38.9 Å². The van der Waals surface area contributed by atoms with Gasteiger partial charge in [-0.25, -0.2) is 4.79 Å². The molecule has 0 fully saturated rings. The molecule has 78 heavy (non-hydrogen) atoms. The molecule has 2 aromatic carbocycles. The van der Waals surface area contributed by atoms with Gasteiger partial charge >= 0.3 is 47.9 Å². The molecule has 0 radical (unpaired) electrons. The maximum atomic E-state index is 14.3. The fourth-order valence-electron chi connectivity index (χ4n) is 7.86. The van der Waals surface area contributed by atoms with Gasteiger partial charge in [-0.2, -0.15) is 57.1 Å². The molecule has 0 aliphatic carbocycles. The number of carbonyl (C=O) groups is 2. The Morgan fingerprint density at radius 1 is 0.641 bits per heavy atom. The van der Waals surface area contributed by atoms with Crippen molar-refractivity contribution in [1.29, 1.82) is 0 Å². The number of amides is 1. The Labute approximate surface area is 447 Å². The van der Waals surface area contributed by atoms with Gasteiger partial charge in [0, 0.05) is 30.1 Å². The van der Waals surface area contributed by atoms with Gasteiger partial charge in [0.25, 0.3) is 0 Å². The first-order valence-corrected chi connectivity index (χ1v) is 24.9. The molecule has 0 aliphatic rings. The number of rotatable bonds is 34. The lowest BCUT2D eigenvalue weighted by molar-refractivity contribution is -0.440. The molecule has 0 spiro atoms. The fourth-order valence-corrected chi connectivity index (χ4v) is 7.86. The van der Waals surface area contributed by atoms with Gasteiger partial charge in [-0.15, -0.1) is 0 Å². The zero-order valence-corrected chi connectivity index (χ0v) is 45.1. The monoisotopic (exact) mass is 1140 g/mol. The summed E-state index contributed by atoms with van der Waals surface area (Å²) in [7, 11) is 3.07. The van der Waals surface area contributed by atoms with E-state index in [2.05, 4.69) is 12.7 Å². The Hall–Kier alpha value is -5.45. The maximum absolute atomic E-state index is 14.3. The molecule has 1 amide bonds.